The Labute approximate surface area is 145 Å². The van der Waals surface area contributed by atoms with Gasteiger partial charge in [-0.15, -0.1) is 0 Å². The van der Waals surface area contributed by atoms with Gasteiger partial charge >= 0.3 is 0 Å². The molecule has 0 fully saturated rings. The van der Waals surface area contributed by atoms with Crippen LogP contribution in [0, 0.1) is 26.6 Å². The van der Waals surface area contributed by atoms with Gasteiger partial charge in [-0.25, -0.2) is 9.37 Å². The van der Waals surface area contributed by atoms with E-state index in [0.29, 0.717) is 28.2 Å². The standard InChI is InChI=1S/C19H17FN4O/c1-11-6-16(4-5-22-11)24-19(25)18-13(3)17(7-12(2)23-18)14-8-15(20)10-21-9-14/h4-10H,1-3H3,(H,22,24,25). The number of aryl methyl sites for hydroxylation is 2. The lowest BCUT2D eigenvalue weighted by Crippen LogP contribution is -2.16. The molecular formula is C19H17FN4O. The van der Waals surface area contributed by atoms with Gasteiger partial charge in [0, 0.05) is 35.0 Å². The molecule has 6 heteroatoms. The summed E-state index contributed by atoms with van der Waals surface area (Å²) in [6.45, 7) is 5.43. The van der Waals surface area contributed by atoms with E-state index in [1.54, 1.807) is 38.4 Å². The Hall–Kier alpha value is -3.15. The Kier molecular flexibility index (Phi) is 4.52. The third-order valence-electron chi connectivity index (χ3n) is 3.79. The van der Waals surface area contributed by atoms with Crippen molar-refractivity contribution in [1.82, 2.24) is 15.0 Å². The molecule has 5 nitrogen and oxygen atoms in total. The summed E-state index contributed by atoms with van der Waals surface area (Å²) >= 11 is 0. The lowest BCUT2D eigenvalue weighted by molar-refractivity contribution is 0.102. The lowest BCUT2D eigenvalue weighted by Gasteiger charge is -2.13. The van der Waals surface area contributed by atoms with Gasteiger partial charge in [0.1, 0.15) is 11.5 Å². The first-order valence-corrected chi connectivity index (χ1v) is 7.77. The van der Waals surface area contributed by atoms with E-state index >= 15 is 0 Å². The first-order chi connectivity index (χ1) is 11.9. The van der Waals surface area contributed by atoms with Crippen LogP contribution in [0.1, 0.15) is 27.4 Å². The van der Waals surface area contributed by atoms with Gasteiger partial charge in [-0.05, 0) is 56.2 Å². The summed E-state index contributed by atoms with van der Waals surface area (Å²) in [7, 11) is 0. The number of pyridine rings is 3. The Morgan fingerprint density at radius 2 is 1.88 bits per heavy atom. The van der Waals surface area contributed by atoms with E-state index in [9.17, 15) is 9.18 Å². The zero-order valence-electron chi connectivity index (χ0n) is 14.2. The molecule has 3 aromatic heterocycles. The van der Waals surface area contributed by atoms with Crippen molar-refractivity contribution in [3.05, 3.63) is 71.3 Å². The van der Waals surface area contributed by atoms with Crippen LogP contribution in [-0.4, -0.2) is 20.9 Å². The van der Waals surface area contributed by atoms with Crippen LogP contribution in [0.4, 0.5) is 10.1 Å². The number of amides is 1. The fourth-order valence-corrected chi connectivity index (χ4v) is 2.63. The molecular weight excluding hydrogens is 319 g/mol. The van der Waals surface area contributed by atoms with E-state index in [1.807, 2.05) is 13.0 Å². The molecule has 126 valence electrons. The zero-order chi connectivity index (χ0) is 18.0. The molecule has 25 heavy (non-hydrogen) atoms. The van der Waals surface area contributed by atoms with Crippen LogP contribution < -0.4 is 5.32 Å². The third kappa shape index (κ3) is 3.68. The van der Waals surface area contributed by atoms with Gasteiger partial charge < -0.3 is 5.32 Å². The Balaban J connectivity index is 2.00. The van der Waals surface area contributed by atoms with Crippen LogP contribution in [0.15, 0.2) is 42.9 Å². The van der Waals surface area contributed by atoms with Crippen molar-refractivity contribution in [2.24, 2.45) is 0 Å². The van der Waals surface area contributed by atoms with Crippen LogP contribution in [0.25, 0.3) is 11.1 Å². The Morgan fingerprint density at radius 1 is 1.08 bits per heavy atom. The molecule has 0 bridgehead atoms. The Morgan fingerprint density at radius 3 is 2.60 bits per heavy atom. The summed E-state index contributed by atoms with van der Waals surface area (Å²) < 4.78 is 13.5. The highest BCUT2D eigenvalue weighted by molar-refractivity contribution is 6.04. The normalized spacial score (nSPS) is 10.6. The SMILES string of the molecule is Cc1cc(NC(=O)c2nc(C)cc(-c3cncc(F)c3)c2C)ccn1. The van der Waals surface area contributed by atoms with Crippen LogP contribution in [-0.2, 0) is 0 Å². The number of aromatic nitrogens is 3. The zero-order valence-corrected chi connectivity index (χ0v) is 14.2. The van der Waals surface area contributed by atoms with Crippen LogP contribution in [0.2, 0.25) is 0 Å². The highest BCUT2D eigenvalue weighted by atomic mass is 19.1. The van der Waals surface area contributed by atoms with Gasteiger partial charge in [-0.1, -0.05) is 0 Å². The van der Waals surface area contributed by atoms with Gasteiger partial charge in [-0.3, -0.25) is 14.8 Å². The summed E-state index contributed by atoms with van der Waals surface area (Å²) in [6.07, 6.45) is 4.34. The van der Waals surface area contributed by atoms with Gasteiger partial charge in [0.05, 0.1) is 6.20 Å². The van der Waals surface area contributed by atoms with Crippen LogP contribution >= 0.6 is 0 Å². The minimum Gasteiger partial charge on any atom is -0.321 e. The summed E-state index contributed by atoms with van der Waals surface area (Å²) in [5.41, 5.74) is 4.43. The topological polar surface area (TPSA) is 67.8 Å². The predicted octanol–water partition coefficient (Wildman–Crippen LogP) is 3.86. The average Bonchev–Trinajstić information content (AvgIpc) is 2.56. The highest BCUT2D eigenvalue weighted by Gasteiger charge is 2.16. The summed E-state index contributed by atoms with van der Waals surface area (Å²) in [5, 5.41) is 2.83. The maximum atomic E-state index is 13.5. The molecule has 3 aromatic rings. The van der Waals surface area contributed by atoms with E-state index in [2.05, 4.69) is 20.3 Å². The maximum absolute atomic E-state index is 13.5. The minimum atomic E-state index is -0.426. The molecule has 1 amide bonds. The highest BCUT2D eigenvalue weighted by Crippen LogP contribution is 2.26. The van der Waals surface area contributed by atoms with Crippen molar-refractivity contribution in [2.45, 2.75) is 20.8 Å². The number of rotatable bonds is 3. The smallest absolute Gasteiger partial charge is 0.274 e. The summed E-state index contributed by atoms with van der Waals surface area (Å²) in [6, 6.07) is 6.70. The number of hydrogen-bond acceptors (Lipinski definition) is 4. The average molecular weight is 336 g/mol. The van der Waals surface area contributed by atoms with Crippen LogP contribution in [0.5, 0.6) is 0 Å². The molecule has 0 aliphatic rings. The van der Waals surface area contributed by atoms with E-state index < -0.39 is 5.82 Å². The van der Waals surface area contributed by atoms with Gasteiger partial charge in [0.25, 0.3) is 5.91 Å². The first kappa shape index (κ1) is 16.7. The van der Waals surface area contributed by atoms with Gasteiger partial charge in [0.2, 0.25) is 0 Å². The van der Waals surface area contributed by atoms with Crippen LogP contribution in [0.3, 0.4) is 0 Å². The number of halogens is 1. The third-order valence-corrected chi connectivity index (χ3v) is 3.79. The Bertz CT molecular complexity index is 956. The number of nitrogens with zero attached hydrogens (tertiary/aromatic N) is 3. The van der Waals surface area contributed by atoms with E-state index in [4.69, 9.17) is 0 Å². The molecule has 1 N–H and O–H groups in total. The number of carbonyl (C=O) groups is 1. The number of nitrogens with one attached hydrogen (secondary N) is 1. The van der Waals surface area contributed by atoms with Crippen molar-refractivity contribution in [1.29, 1.82) is 0 Å². The second-order valence-corrected chi connectivity index (χ2v) is 5.82. The van der Waals surface area contributed by atoms with E-state index in [0.717, 1.165) is 17.5 Å². The molecule has 3 heterocycles. The van der Waals surface area contributed by atoms with Gasteiger partial charge in [0.15, 0.2) is 0 Å². The van der Waals surface area contributed by atoms with Crippen molar-refractivity contribution in [3.8, 4) is 11.1 Å². The molecule has 0 aliphatic carbocycles. The minimum absolute atomic E-state index is 0.300. The molecule has 0 unspecified atom stereocenters. The molecule has 0 atom stereocenters. The molecule has 0 saturated heterocycles. The van der Waals surface area contributed by atoms with Crippen molar-refractivity contribution in [2.75, 3.05) is 5.32 Å². The molecule has 0 radical (unpaired) electrons. The second kappa shape index (κ2) is 6.76. The molecule has 0 spiro atoms. The maximum Gasteiger partial charge on any atom is 0.274 e. The fraction of sp³-hybridized carbons (Fsp3) is 0.158. The first-order valence-electron chi connectivity index (χ1n) is 7.77. The van der Waals surface area contributed by atoms with Crippen molar-refractivity contribution < 1.29 is 9.18 Å². The quantitative estimate of drug-likeness (QED) is 0.789. The number of carbonyl (C=O) groups excluding carboxylic acids is 1. The number of anilines is 1. The fourth-order valence-electron chi connectivity index (χ4n) is 2.63. The van der Waals surface area contributed by atoms with Crippen molar-refractivity contribution >= 4 is 11.6 Å². The summed E-state index contributed by atoms with van der Waals surface area (Å²) in [4.78, 5) is 25.0. The van der Waals surface area contributed by atoms with Gasteiger partial charge in [-0.2, -0.15) is 0 Å². The molecule has 0 aromatic carbocycles. The van der Waals surface area contributed by atoms with E-state index in [1.165, 1.54) is 6.07 Å². The largest absolute Gasteiger partial charge is 0.321 e. The summed E-state index contributed by atoms with van der Waals surface area (Å²) in [5.74, 6) is -0.748. The lowest BCUT2D eigenvalue weighted by atomic mass is 10.00. The monoisotopic (exact) mass is 336 g/mol. The molecule has 3 rings (SSSR count). The molecule has 0 aliphatic heterocycles. The van der Waals surface area contributed by atoms with Crippen molar-refractivity contribution in [3.63, 3.8) is 0 Å². The van der Waals surface area contributed by atoms with E-state index in [-0.39, 0.29) is 5.91 Å². The molecule has 0 saturated carbocycles. The predicted molar refractivity (Wildman–Crippen MR) is 93.8 cm³/mol. The second-order valence-electron chi connectivity index (χ2n) is 5.82. The number of hydrogen-bond donors (Lipinski definition) is 1.